The number of carbonyl (C=O) groups is 2. The van der Waals surface area contributed by atoms with Crippen LogP contribution in [0.3, 0.4) is 0 Å². The van der Waals surface area contributed by atoms with Crippen molar-refractivity contribution in [1.29, 1.82) is 0 Å². The number of morpholine rings is 1. The average molecular weight is 497 g/mol. The highest BCUT2D eigenvalue weighted by molar-refractivity contribution is 6.46. The first-order valence-electron chi connectivity index (χ1n) is 11.9. The summed E-state index contributed by atoms with van der Waals surface area (Å²) in [5.41, 5.74) is 0.950. The summed E-state index contributed by atoms with van der Waals surface area (Å²) in [5.74, 6) is -0.267. The summed E-state index contributed by atoms with van der Waals surface area (Å²) in [6.45, 7) is 4.15. The molecule has 0 radical (unpaired) electrons. The van der Waals surface area contributed by atoms with E-state index in [2.05, 4.69) is 4.90 Å². The Labute approximate surface area is 210 Å². The van der Waals surface area contributed by atoms with E-state index >= 15 is 0 Å². The summed E-state index contributed by atoms with van der Waals surface area (Å²) in [5, 5.41) is 11.3. The Morgan fingerprint density at radius 1 is 1.00 bits per heavy atom. The number of rotatable bonds is 9. The minimum Gasteiger partial charge on any atom is -0.507 e. The molecule has 36 heavy (non-hydrogen) atoms. The van der Waals surface area contributed by atoms with Crippen molar-refractivity contribution in [2.75, 3.05) is 60.7 Å². The van der Waals surface area contributed by atoms with Crippen molar-refractivity contribution in [1.82, 2.24) is 9.80 Å². The van der Waals surface area contributed by atoms with Gasteiger partial charge in [-0.1, -0.05) is 24.3 Å². The lowest BCUT2D eigenvalue weighted by atomic mass is 9.94. The minimum atomic E-state index is -0.842. The third-order valence-electron chi connectivity index (χ3n) is 6.59. The summed E-state index contributed by atoms with van der Waals surface area (Å²) in [6.07, 6.45) is 0.662. The van der Waals surface area contributed by atoms with Gasteiger partial charge in [0.05, 0.1) is 46.2 Å². The minimum absolute atomic E-state index is 0.00572. The maximum absolute atomic E-state index is 13.3. The van der Waals surface area contributed by atoms with Crippen LogP contribution < -0.4 is 14.2 Å². The lowest BCUT2D eigenvalue weighted by molar-refractivity contribution is -0.140. The Morgan fingerprint density at radius 3 is 2.44 bits per heavy atom. The Bertz CT molecular complexity index is 1140. The first kappa shape index (κ1) is 25.5. The van der Waals surface area contributed by atoms with E-state index in [0.29, 0.717) is 54.6 Å². The first-order valence-corrected chi connectivity index (χ1v) is 11.9. The molecule has 2 aliphatic rings. The fraction of sp³-hybridized carbons (Fsp3) is 0.407. The van der Waals surface area contributed by atoms with Gasteiger partial charge in [0.15, 0.2) is 11.5 Å². The van der Waals surface area contributed by atoms with Crippen molar-refractivity contribution in [3.8, 4) is 17.2 Å². The van der Waals surface area contributed by atoms with Gasteiger partial charge < -0.3 is 29.0 Å². The molecule has 0 unspecified atom stereocenters. The summed E-state index contributed by atoms with van der Waals surface area (Å²) in [7, 11) is 4.55. The number of ketones is 1. The van der Waals surface area contributed by atoms with Gasteiger partial charge in [0.1, 0.15) is 11.5 Å². The number of hydrogen-bond acceptors (Lipinski definition) is 8. The molecule has 2 aromatic carbocycles. The first-order chi connectivity index (χ1) is 17.5. The van der Waals surface area contributed by atoms with Crippen LogP contribution in [0.2, 0.25) is 0 Å². The molecule has 2 fully saturated rings. The van der Waals surface area contributed by atoms with Crippen LogP contribution in [0.1, 0.15) is 23.6 Å². The molecule has 1 N–H and O–H groups in total. The van der Waals surface area contributed by atoms with Crippen LogP contribution in [0.5, 0.6) is 17.2 Å². The maximum Gasteiger partial charge on any atom is 0.295 e. The van der Waals surface area contributed by atoms with Gasteiger partial charge in [-0.25, -0.2) is 0 Å². The molecule has 2 aliphatic heterocycles. The lowest BCUT2D eigenvalue weighted by Crippen LogP contribution is -2.39. The zero-order valence-electron chi connectivity index (χ0n) is 20.9. The molecule has 9 nitrogen and oxygen atoms in total. The number of para-hydroxylation sites is 1. The van der Waals surface area contributed by atoms with Crippen molar-refractivity contribution in [3.05, 3.63) is 59.2 Å². The van der Waals surface area contributed by atoms with E-state index in [1.807, 2.05) is 0 Å². The zero-order chi connectivity index (χ0) is 25.7. The highest BCUT2D eigenvalue weighted by Gasteiger charge is 2.47. The molecule has 0 aliphatic carbocycles. The Balaban J connectivity index is 1.77. The monoisotopic (exact) mass is 496 g/mol. The molecule has 0 bridgehead atoms. The fourth-order valence-electron chi connectivity index (χ4n) is 4.78. The van der Waals surface area contributed by atoms with Gasteiger partial charge in [0, 0.05) is 37.3 Å². The number of Topliss-reactive ketones (excluding diaryl/α,β-unsaturated/α-hetero) is 1. The number of aliphatic hydroxyl groups excluding tert-OH is 1. The predicted octanol–water partition coefficient (Wildman–Crippen LogP) is 2.86. The highest BCUT2D eigenvalue weighted by atomic mass is 16.5. The van der Waals surface area contributed by atoms with E-state index in [-0.39, 0.29) is 11.3 Å². The van der Waals surface area contributed by atoms with Gasteiger partial charge in [0.25, 0.3) is 11.7 Å². The topological polar surface area (TPSA) is 97.8 Å². The normalized spacial score (nSPS) is 20.0. The average Bonchev–Trinajstić information content (AvgIpc) is 3.17. The van der Waals surface area contributed by atoms with Crippen LogP contribution in [0, 0.1) is 0 Å². The number of hydrogen-bond donors (Lipinski definition) is 1. The second kappa shape index (κ2) is 11.5. The third-order valence-corrected chi connectivity index (χ3v) is 6.59. The molecule has 0 saturated carbocycles. The maximum atomic E-state index is 13.3. The van der Waals surface area contributed by atoms with Crippen LogP contribution in [-0.4, -0.2) is 87.3 Å². The summed E-state index contributed by atoms with van der Waals surface area (Å²) >= 11 is 0. The van der Waals surface area contributed by atoms with Gasteiger partial charge in [-0.15, -0.1) is 0 Å². The van der Waals surface area contributed by atoms with Crippen molar-refractivity contribution in [2.45, 2.75) is 12.5 Å². The van der Waals surface area contributed by atoms with Crippen molar-refractivity contribution >= 4 is 17.4 Å². The lowest BCUT2D eigenvalue weighted by Gasteiger charge is -2.30. The van der Waals surface area contributed by atoms with Crippen LogP contribution in [0.25, 0.3) is 5.76 Å². The van der Waals surface area contributed by atoms with E-state index in [9.17, 15) is 14.7 Å². The summed E-state index contributed by atoms with van der Waals surface area (Å²) in [6, 6.07) is 11.2. The second-order valence-corrected chi connectivity index (χ2v) is 8.61. The number of ether oxygens (including phenoxy) is 4. The quantitative estimate of drug-likeness (QED) is 0.322. The molecule has 2 aromatic rings. The molecule has 0 spiro atoms. The smallest absolute Gasteiger partial charge is 0.295 e. The molecule has 192 valence electrons. The molecular weight excluding hydrogens is 464 g/mol. The molecule has 2 heterocycles. The number of aliphatic hydroxyl groups is 1. The Morgan fingerprint density at radius 2 is 1.75 bits per heavy atom. The number of likely N-dealkylation sites (tertiary alicyclic amines) is 1. The molecule has 1 atom stereocenters. The summed E-state index contributed by atoms with van der Waals surface area (Å²) in [4.78, 5) is 30.4. The molecular formula is C27H32N2O7. The highest BCUT2D eigenvalue weighted by Crippen LogP contribution is 2.45. The summed E-state index contributed by atoms with van der Waals surface area (Å²) < 4.78 is 21.8. The van der Waals surface area contributed by atoms with E-state index in [1.54, 1.807) is 42.5 Å². The molecule has 4 rings (SSSR count). The molecule has 0 aromatic heterocycles. The van der Waals surface area contributed by atoms with Gasteiger partial charge in [-0.3, -0.25) is 14.5 Å². The number of amides is 1. The Kier molecular flexibility index (Phi) is 8.12. The van der Waals surface area contributed by atoms with Crippen LogP contribution in [0.4, 0.5) is 0 Å². The van der Waals surface area contributed by atoms with Crippen LogP contribution in [0.15, 0.2) is 48.0 Å². The van der Waals surface area contributed by atoms with E-state index < -0.39 is 17.7 Å². The molecule has 9 heteroatoms. The number of benzene rings is 2. The number of methoxy groups -OCH3 is 3. The SMILES string of the molecule is COc1cccc(/C(O)=C2\C(=O)C(=O)N(CCCN3CCOCC3)[C@@H]2c2cccc(OC)c2OC)c1. The molecule has 1 amide bonds. The van der Waals surface area contributed by atoms with Crippen LogP contribution in [-0.2, 0) is 14.3 Å². The fourth-order valence-corrected chi connectivity index (χ4v) is 4.78. The van der Waals surface area contributed by atoms with E-state index in [0.717, 1.165) is 19.6 Å². The zero-order valence-corrected chi connectivity index (χ0v) is 20.9. The van der Waals surface area contributed by atoms with Crippen molar-refractivity contribution in [2.24, 2.45) is 0 Å². The van der Waals surface area contributed by atoms with Crippen molar-refractivity contribution < 1.29 is 33.6 Å². The van der Waals surface area contributed by atoms with Gasteiger partial charge >= 0.3 is 0 Å². The van der Waals surface area contributed by atoms with Crippen molar-refractivity contribution in [3.63, 3.8) is 0 Å². The van der Waals surface area contributed by atoms with Gasteiger partial charge in [0.2, 0.25) is 0 Å². The predicted molar refractivity (Wildman–Crippen MR) is 133 cm³/mol. The largest absolute Gasteiger partial charge is 0.507 e. The van der Waals surface area contributed by atoms with E-state index in [1.165, 1.54) is 26.2 Å². The number of nitrogens with zero attached hydrogens (tertiary/aromatic N) is 2. The van der Waals surface area contributed by atoms with Gasteiger partial charge in [-0.2, -0.15) is 0 Å². The van der Waals surface area contributed by atoms with E-state index in [4.69, 9.17) is 18.9 Å². The molecule has 2 saturated heterocycles. The second-order valence-electron chi connectivity index (χ2n) is 8.61. The van der Waals surface area contributed by atoms with Crippen LogP contribution >= 0.6 is 0 Å². The third kappa shape index (κ3) is 5.03. The number of carbonyl (C=O) groups excluding carboxylic acids is 2. The van der Waals surface area contributed by atoms with Gasteiger partial charge in [-0.05, 0) is 24.6 Å². The Hall–Kier alpha value is -3.56. The standard InChI is InChI=1S/C27H32N2O7/c1-33-19-8-4-7-18(17-19)24(30)22-23(20-9-5-10-21(34-2)26(20)35-3)29(27(32)25(22)31)12-6-11-28-13-15-36-16-14-28/h4-5,7-10,17,23,30H,6,11-16H2,1-3H3/b24-22+/t23-/m1/s1.